The number of pyridine rings is 1. The lowest BCUT2D eigenvalue weighted by atomic mass is 10.1. The second-order valence-corrected chi connectivity index (χ2v) is 5.04. The van der Waals surface area contributed by atoms with Gasteiger partial charge in [-0.3, -0.25) is 0 Å². The van der Waals surface area contributed by atoms with Crippen LogP contribution in [0.2, 0.25) is 0 Å². The first kappa shape index (κ1) is 16.2. The highest BCUT2D eigenvalue weighted by Gasteiger charge is 2.23. The maximum absolute atomic E-state index is 12.2. The number of nitrogens with zero attached hydrogens (tertiary/aromatic N) is 1. The molecule has 1 aliphatic heterocycles. The van der Waals surface area contributed by atoms with Gasteiger partial charge in [0.25, 0.3) is 0 Å². The van der Waals surface area contributed by atoms with Crippen LogP contribution < -0.4 is 16.0 Å². The van der Waals surface area contributed by atoms with Gasteiger partial charge in [0.1, 0.15) is 11.4 Å². The van der Waals surface area contributed by atoms with E-state index in [4.69, 9.17) is 10.1 Å². The fourth-order valence-electron chi connectivity index (χ4n) is 2.48. The molecule has 1 unspecified atom stereocenters. The van der Waals surface area contributed by atoms with Crippen molar-refractivity contribution in [1.82, 2.24) is 10.3 Å². The highest BCUT2D eigenvalue weighted by Crippen LogP contribution is 2.27. The summed E-state index contributed by atoms with van der Waals surface area (Å²) in [4.78, 5) is 16.4. The zero-order valence-corrected chi connectivity index (χ0v) is 13.0. The fraction of sp³-hybridized carbons (Fsp3) is 0.533. The molecular formula is C15H23N5O2. The third-order valence-corrected chi connectivity index (χ3v) is 3.51. The molecule has 120 valence electrons. The highest BCUT2D eigenvalue weighted by molar-refractivity contribution is 6.03. The summed E-state index contributed by atoms with van der Waals surface area (Å²) in [6.07, 6.45) is 3.70. The lowest BCUT2D eigenvalue weighted by molar-refractivity contribution is 0.0527. The second kappa shape index (κ2) is 7.74. The number of carbonyl (C=O) groups is 1. The van der Waals surface area contributed by atoms with E-state index in [-0.39, 0.29) is 6.04 Å². The van der Waals surface area contributed by atoms with E-state index in [1.54, 1.807) is 6.92 Å². The monoisotopic (exact) mass is 305 g/mol. The average molecular weight is 305 g/mol. The minimum Gasteiger partial charge on any atom is -0.462 e. The maximum Gasteiger partial charge on any atom is 0.341 e. The smallest absolute Gasteiger partial charge is 0.341 e. The van der Waals surface area contributed by atoms with Gasteiger partial charge in [-0.05, 0) is 26.8 Å². The molecule has 4 N–H and O–H groups in total. The van der Waals surface area contributed by atoms with E-state index >= 15 is 0 Å². The summed E-state index contributed by atoms with van der Waals surface area (Å²) in [6, 6.07) is 0.226. The fourth-order valence-corrected chi connectivity index (χ4v) is 2.48. The van der Waals surface area contributed by atoms with Gasteiger partial charge in [0.05, 0.1) is 17.9 Å². The van der Waals surface area contributed by atoms with Crippen LogP contribution in [0.15, 0.2) is 6.20 Å². The largest absolute Gasteiger partial charge is 0.462 e. The molecular weight excluding hydrogens is 282 g/mol. The highest BCUT2D eigenvalue weighted by atomic mass is 16.5. The van der Waals surface area contributed by atoms with Gasteiger partial charge in [-0.15, -0.1) is 0 Å². The minimum atomic E-state index is -0.422. The zero-order valence-electron chi connectivity index (χ0n) is 13.0. The van der Waals surface area contributed by atoms with Gasteiger partial charge < -0.3 is 26.1 Å². The summed E-state index contributed by atoms with van der Waals surface area (Å²) in [5, 5.41) is 17.5. The first-order chi connectivity index (χ1) is 10.7. The Morgan fingerprint density at radius 1 is 1.59 bits per heavy atom. The Balaban J connectivity index is 2.42. The van der Waals surface area contributed by atoms with E-state index in [2.05, 4.69) is 20.9 Å². The van der Waals surface area contributed by atoms with E-state index in [1.165, 1.54) is 12.4 Å². The summed E-state index contributed by atoms with van der Waals surface area (Å²) in [7, 11) is 0. The lowest BCUT2D eigenvalue weighted by Crippen LogP contribution is -2.25. The molecule has 1 fully saturated rings. The maximum atomic E-state index is 12.2. The number of hydrogen-bond donors (Lipinski definition) is 4. The van der Waals surface area contributed by atoms with Crippen LogP contribution in [-0.4, -0.2) is 49.5 Å². The van der Waals surface area contributed by atoms with Crippen molar-refractivity contribution in [3.63, 3.8) is 0 Å². The molecule has 1 atom stereocenters. The molecule has 0 amide bonds. The van der Waals surface area contributed by atoms with Crippen LogP contribution in [0.1, 0.15) is 36.2 Å². The Hall–Kier alpha value is -2.15. The number of carbonyl (C=O) groups excluding carboxylic acids is 1. The molecule has 1 aromatic heterocycles. The zero-order chi connectivity index (χ0) is 15.9. The molecule has 1 saturated heterocycles. The van der Waals surface area contributed by atoms with E-state index in [0.717, 1.165) is 19.5 Å². The van der Waals surface area contributed by atoms with Crippen LogP contribution >= 0.6 is 0 Å². The number of rotatable bonds is 7. The second-order valence-electron chi connectivity index (χ2n) is 5.04. The van der Waals surface area contributed by atoms with Gasteiger partial charge in [0, 0.05) is 31.5 Å². The number of esters is 1. The van der Waals surface area contributed by atoms with Crippen molar-refractivity contribution < 1.29 is 9.53 Å². The van der Waals surface area contributed by atoms with Gasteiger partial charge in [0.2, 0.25) is 0 Å². The van der Waals surface area contributed by atoms with Crippen molar-refractivity contribution in [2.24, 2.45) is 0 Å². The molecule has 2 rings (SSSR count). The molecule has 0 aliphatic carbocycles. The first-order valence-electron chi connectivity index (χ1n) is 7.62. The minimum absolute atomic E-state index is 0.226. The predicted octanol–water partition coefficient (Wildman–Crippen LogP) is 1.46. The van der Waals surface area contributed by atoms with Gasteiger partial charge >= 0.3 is 5.97 Å². The average Bonchev–Trinajstić information content (AvgIpc) is 3.01. The quantitative estimate of drug-likeness (QED) is 0.450. The van der Waals surface area contributed by atoms with Crippen molar-refractivity contribution in [1.29, 1.82) is 5.41 Å². The molecule has 2 heterocycles. The van der Waals surface area contributed by atoms with Crippen molar-refractivity contribution in [3.05, 3.63) is 17.3 Å². The van der Waals surface area contributed by atoms with E-state index in [9.17, 15) is 4.79 Å². The Bertz CT molecular complexity index is 541. The number of anilines is 2. The summed E-state index contributed by atoms with van der Waals surface area (Å²) in [5.74, 6) is 0.175. The number of aromatic nitrogens is 1. The van der Waals surface area contributed by atoms with Crippen LogP contribution in [-0.2, 0) is 4.74 Å². The van der Waals surface area contributed by atoms with Crippen LogP contribution in [0, 0.1) is 5.41 Å². The summed E-state index contributed by atoms with van der Waals surface area (Å²) in [5.41, 5.74) is 1.57. The number of hydrogen-bond acceptors (Lipinski definition) is 7. The molecule has 7 heteroatoms. The summed E-state index contributed by atoms with van der Waals surface area (Å²) < 4.78 is 5.10. The van der Waals surface area contributed by atoms with Crippen molar-refractivity contribution in [2.45, 2.75) is 26.3 Å². The van der Waals surface area contributed by atoms with Crippen LogP contribution in [0.4, 0.5) is 11.5 Å². The van der Waals surface area contributed by atoms with Gasteiger partial charge in [0.15, 0.2) is 0 Å². The molecule has 22 heavy (non-hydrogen) atoms. The Labute approximate surface area is 130 Å². The first-order valence-corrected chi connectivity index (χ1v) is 7.62. The standard InChI is InChI=1S/C15H23N5O2/c1-3-18-14-11(7-16)13(20-10-5-6-17-8-10)12(9-19-14)15(21)22-4-2/h7,9-10,16-17H,3-6,8H2,1-2H3,(H2,18,19,20). The van der Waals surface area contributed by atoms with E-state index in [0.29, 0.717) is 35.8 Å². The topological polar surface area (TPSA) is 99.1 Å². The Morgan fingerprint density at radius 3 is 3.00 bits per heavy atom. The molecule has 1 aliphatic rings. The Kier molecular flexibility index (Phi) is 5.71. The molecule has 7 nitrogen and oxygen atoms in total. The van der Waals surface area contributed by atoms with Crippen molar-refractivity contribution in [3.8, 4) is 0 Å². The van der Waals surface area contributed by atoms with Gasteiger partial charge in [-0.2, -0.15) is 0 Å². The van der Waals surface area contributed by atoms with Crippen LogP contribution in [0.3, 0.4) is 0 Å². The normalized spacial score (nSPS) is 17.1. The predicted molar refractivity (Wildman–Crippen MR) is 87.1 cm³/mol. The lowest BCUT2D eigenvalue weighted by Gasteiger charge is -2.20. The van der Waals surface area contributed by atoms with E-state index < -0.39 is 5.97 Å². The molecule has 0 saturated carbocycles. The summed E-state index contributed by atoms with van der Waals surface area (Å²) >= 11 is 0. The molecule has 0 aromatic carbocycles. The number of ether oxygens (including phenoxy) is 1. The van der Waals surface area contributed by atoms with Crippen molar-refractivity contribution in [2.75, 3.05) is 36.9 Å². The molecule has 0 radical (unpaired) electrons. The molecule has 1 aromatic rings. The molecule has 0 bridgehead atoms. The van der Waals surface area contributed by atoms with Gasteiger partial charge in [-0.25, -0.2) is 9.78 Å². The van der Waals surface area contributed by atoms with Crippen LogP contribution in [0.5, 0.6) is 0 Å². The van der Waals surface area contributed by atoms with E-state index in [1.807, 2.05) is 6.92 Å². The van der Waals surface area contributed by atoms with Gasteiger partial charge in [-0.1, -0.05) is 0 Å². The third kappa shape index (κ3) is 3.54. The Morgan fingerprint density at radius 2 is 2.41 bits per heavy atom. The molecule has 0 spiro atoms. The number of nitrogens with one attached hydrogen (secondary N) is 4. The van der Waals surface area contributed by atoms with Crippen molar-refractivity contribution >= 4 is 23.7 Å². The summed E-state index contributed by atoms with van der Waals surface area (Å²) in [6.45, 7) is 6.50. The van der Waals surface area contributed by atoms with Crippen LogP contribution in [0.25, 0.3) is 0 Å². The third-order valence-electron chi connectivity index (χ3n) is 3.51. The SMILES string of the molecule is CCNc1ncc(C(=O)OCC)c(NC2CCNC2)c1C=N.